The van der Waals surface area contributed by atoms with Crippen LogP contribution in [0.2, 0.25) is 0 Å². The normalized spacial score (nSPS) is 10.7. The van der Waals surface area contributed by atoms with Crippen LogP contribution in [0.3, 0.4) is 0 Å². The topological polar surface area (TPSA) is 84.0 Å². The molecule has 9 heteroatoms. The van der Waals surface area contributed by atoms with Crippen molar-refractivity contribution in [2.45, 2.75) is 20.3 Å². The number of methoxy groups -OCH3 is 1. The summed E-state index contributed by atoms with van der Waals surface area (Å²) >= 11 is 1.44. The maximum atomic E-state index is 11.9. The molecule has 3 N–H and O–H groups in total. The predicted octanol–water partition coefficient (Wildman–Crippen LogP) is 3.97. The second kappa shape index (κ2) is 14.0. The van der Waals surface area contributed by atoms with Gasteiger partial charge in [0.1, 0.15) is 0 Å². The molecule has 0 saturated carbocycles. The molecule has 0 unspecified atom stereocenters. The molecule has 0 atom stereocenters. The van der Waals surface area contributed by atoms with Crippen LogP contribution in [0.25, 0.3) is 0 Å². The smallest absolute Gasteiger partial charge is 0.261 e. The van der Waals surface area contributed by atoms with Gasteiger partial charge in [0.2, 0.25) is 0 Å². The Hall–Kier alpha value is -2.01. The van der Waals surface area contributed by atoms with E-state index in [4.69, 9.17) is 9.47 Å². The van der Waals surface area contributed by atoms with Gasteiger partial charge in [0.05, 0.1) is 18.6 Å². The molecule has 29 heavy (non-hydrogen) atoms. The molecule has 0 aliphatic heterocycles. The van der Waals surface area contributed by atoms with E-state index in [1.807, 2.05) is 49.6 Å². The first kappa shape index (κ1) is 25.0. The molecule has 7 nitrogen and oxygen atoms in total. The fraction of sp³-hybridized carbons (Fsp3) is 0.400. The maximum Gasteiger partial charge on any atom is 0.261 e. The van der Waals surface area contributed by atoms with Crippen molar-refractivity contribution in [2.24, 2.45) is 4.99 Å². The summed E-state index contributed by atoms with van der Waals surface area (Å²) in [7, 11) is 1.62. The summed E-state index contributed by atoms with van der Waals surface area (Å²) in [5.41, 5.74) is 0.856. The molecule has 0 spiro atoms. The van der Waals surface area contributed by atoms with E-state index >= 15 is 0 Å². The summed E-state index contributed by atoms with van der Waals surface area (Å²) < 4.78 is 10.9. The first-order valence-corrected chi connectivity index (χ1v) is 10.2. The molecule has 160 valence electrons. The van der Waals surface area contributed by atoms with Gasteiger partial charge in [0.25, 0.3) is 5.91 Å². The van der Waals surface area contributed by atoms with Crippen LogP contribution in [-0.4, -0.2) is 45.2 Å². The molecular formula is C20H29IN4O3S. The molecule has 0 aliphatic carbocycles. The third-order valence-electron chi connectivity index (χ3n) is 3.71. The highest BCUT2D eigenvalue weighted by Gasteiger charge is 2.07. The SMILES string of the molecule is CCNC(=NCCCNC(=O)c1cccs1)Nc1ccc(OC)c(OCC)c1.I. The number of ether oxygens (including phenoxy) is 2. The Morgan fingerprint density at radius 1 is 1.17 bits per heavy atom. The van der Waals surface area contributed by atoms with Gasteiger partial charge < -0.3 is 25.4 Å². The Kier molecular flexibility index (Phi) is 12.1. The lowest BCUT2D eigenvalue weighted by Gasteiger charge is -2.14. The largest absolute Gasteiger partial charge is 0.493 e. The van der Waals surface area contributed by atoms with Gasteiger partial charge in [0.15, 0.2) is 17.5 Å². The standard InChI is InChI=1S/C20H28N4O3S.HI/c1-4-21-20(23-12-7-11-22-19(25)18-8-6-13-28-18)24-15-9-10-16(26-3)17(14-15)27-5-2;/h6,8-10,13-14H,4-5,7,11-12H2,1-3H3,(H,22,25)(H2,21,23,24);1H. The van der Waals surface area contributed by atoms with Gasteiger partial charge in [-0.2, -0.15) is 0 Å². The molecule has 0 bridgehead atoms. The van der Waals surface area contributed by atoms with Crippen LogP contribution >= 0.6 is 35.3 Å². The van der Waals surface area contributed by atoms with Crippen LogP contribution in [0.15, 0.2) is 40.7 Å². The zero-order valence-electron chi connectivity index (χ0n) is 17.0. The van der Waals surface area contributed by atoms with Crippen molar-refractivity contribution in [3.63, 3.8) is 0 Å². The molecule has 1 amide bonds. The zero-order valence-corrected chi connectivity index (χ0v) is 20.1. The number of benzene rings is 1. The summed E-state index contributed by atoms with van der Waals surface area (Å²) in [5.74, 6) is 2.02. The number of hydrogen-bond acceptors (Lipinski definition) is 5. The Morgan fingerprint density at radius 2 is 2.00 bits per heavy atom. The number of nitrogens with one attached hydrogen (secondary N) is 3. The van der Waals surface area contributed by atoms with E-state index in [9.17, 15) is 4.79 Å². The van der Waals surface area contributed by atoms with E-state index in [1.54, 1.807) is 7.11 Å². The molecule has 0 radical (unpaired) electrons. The van der Waals surface area contributed by atoms with Gasteiger partial charge in [-0.25, -0.2) is 0 Å². The molecule has 1 heterocycles. The minimum atomic E-state index is -0.0364. The van der Waals surface area contributed by atoms with Crippen molar-refractivity contribution in [1.29, 1.82) is 0 Å². The second-order valence-electron chi connectivity index (χ2n) is 5.77. The minimum Gasteiger partial charge on any atom is -0.493 e. The average Bonchev–Trinajstić information content (AvgIpc) is 3.23. The Balaban J connectivity index is 0.00000420. The minimum absolute atomic E-state index is 0. The van der Waals surface area contributed by atoms with E-state index in [1.165, 1.54) is 11.3 Å². The molecule has 1 aromatic carbocycles. The Labute approximate surface area is 193 Å². The first-order chi connectivity index (χ1) is 13.7. The van der Waals surface area contributed by atoms with Crippen molar-refractivity contribution in [3.05, 3.63) is 40.6 Å². The van der Waals surface area contributed by atoms with Gasteiger partial charge in [0, 0.05) is 31.4 Å². The lowest BCUT2D eigenvalue weighted by molar-refractivity contribution is 0.0957. The summed E-state index contributed by atoms with van der Waals surface area (Å²) in [6.07, 6.45) is 0.750. The van der Waals surface area contributed by atoms with Crippen molar-refractivity contribution >= 4 is 52.9 Å². The maximum absolute atomic E-state index is 11.9. The molecule has 1 aromatic heterocycles. The number of nitrogens with zero attached hydrogens (tertiary/aromatic N) is 1. The fourth-order valence-corrected chi connectivity index (χ4v) is 3.07. The highest BCUT2D eigenvalue weighted by Crippen LogP contribution is 2.30. The van der Waals surface area contributed by atoms with Crippen LogP contribution in [-0.2, 0) is 0 Å². The van der Waals surface area contributed by atoms with Crippen LogP contribution < -0.4 is 25.4 Å². The number of guanidine groups is 1. The van der Waals surface area contributed by atoms with Crippen molar-refractivity contribution in [2.75, 3.05) is 38.7 Å². The summed E-state index contributed by atoms with van der Waals surface area (Å²) in [6.45, 7) is 6.42. The van der Waals surface area contributed by atoms with Gasteiger partial charge in [-0.15, -0.1) is 35.3 Å². The van der Waals surface area contributed by atoms with Crippen LogP contribution in [0.4, 0.5) is 5.69 Å². The quantitative estimate of drug-likeness (QED) is 0.187. The van der Waals surface area contributed by atoms with Gasteiger partial charge >= 0.3 is 0 Å². The van der Waals surface area contributed by atoms with Crippen LogP contribution in [0.1, 0.15) is 29.9 Å². The average molecular weight is 532 g/mol. The highest BCUT2D eigenvalue weighted by molar-refractivity contribution is 14.0. The van der Waals surface area contributed by atoms with Gasteiger partial charge in [-0.1, -0.05) is 6.07 Å². The number of halogens is 1. The molecule has 2 aromatic rings. The second-order valence-corrected chi connectivity index (χ2v) is 6.72. The Bertz CT molecular complexity index is 769. The molecule has 0 fully saturated rings. The van der Waals surface area contributed by atoms with Crippen molar-refractivity contribution in [1.82, 2.24) is 10.6 Å². The van der Waals surface area contributed by atoms with E-state index in [0.29, 0.717) is 37.2 Å². The zero-order chi connectivity index (χ0) is 20.2. The van der Waals surface area contributed by atoms with Crippen molar-refractivity contribution in [3.8, 4) is 11.5 Å². The molecule has 0 saturated heterocycles. The van der Waals surface area contributed by atoms with Crippen LogP contribution in [0, 0.1) is 0 Å². The third-order valence-corrected chi connectivity index (χ3v) is 4.57. The number of amides is 1. The Morgan fingerprint density at radius 3 is 2.66 bits per heavy atom. The third kappa shape index (κ3) is 8.48. The lowest BCUT2D eigenvalue weighted by atomic mass is 10.2. The van der Waals surface area contributed by atoms with Crippen molar-refractivity contribution < 1.29 is 14.3 Å². The van der Waals surface area contributed by atoms with E-state index < -0.39 is 0 Å². The van der Waals surface area contributed by atoms with E-state index in [0.717, 1.165) is 23.5 Å². The number of thiophene rings is 1. The van der Waals surface area contributed by atoms with E-state index in [-0.39, 0.29) is 29.9 Å². The summed E-state index contributed by atoms with van der Waals surface area (Å²) in [6, 6.07) is 9.34. The number of anilines is 1. The number of hydrogen-bond donors (Lipinski definition) is 3. The monoisotopic (exact) mass is 532 g/mol. The number of rotatable bonds is 10. The lowest BCUT2D eigenvalue weighted by Crippen LogP contribution is -2.31. The number of carbonyl (C=O) groups excluding carboxylic acids is 1. The molecule has 0 aliphatic rings. The molecular weight excluding hydrogens is 503 g/mol. The number of aliphatic imine (C=N–C) groups is 1. The number of carbonyl (C=O) groups is 1. The molecule has 2 rings (SSSR count). The van der Waals surface area contributed by atoms with Crippen LogP contribution in [0.5, 0.6) is 11.5 Å². The summed E-state index contributed by atoms with van der Waals surface area (Å²) in [4.78, 5) is 17.2. The fourth-order valence-electron chi connectivity index (χ4n) is 2.43. The van der Waals surface area contributed by atoms with Gasteiger partial charge in [-0.05, 0) is 43.8 Å². The highest BCUT2D eigenvalue weighted by atomic mass is 127. The van der Waals surface area contributed by atoms with Gasteiger partial charge in [-0.3, -0.25) is 9.79 Å². The summed E-state index contributed by atoms with van der Waals surface area (Å²) in [5, 5.41) is 11.3. The predicted molar refractivity (Wildman–Crippen MR) is 130 cm³/mol. The van der Waals surface area contributed by atoms with E-state index in [2.05, 4.69) is 20.9 Å². The first-order valence-electron chi connectivity index (χ1n) is 9.35.